The number of hydrogen-bond donors (Lipinski definition) is 1. The highest BCUT2D eigenvalue weighted by Gasteiger charge is 2.33. The standard InChI is InChI=1S/C17H18FNO4S/c1-12-5-3-4-6-13(12)11-16(17(20)21)19(24(2,22)23)15-9-7-14(18)8-10-15/h3-10,16H,11H2,1-2H3,(H,20,21). The second-order valence-electron chi connectivity index (χ2n) is 5.52. The van der Waals surface area contributed by atoms with E-state index in [4.69, 9.17) is 0 Å². The minimum Gasteiger partial charge on any atom is -0.480 e. The Kier molecular flexibility index (Phi) is 5.23. The lowest BCUT2D eigenvalue weighted by atomic mass is 10.0. The number of sulfonamides is 1. The van der Waals surface area contributed by atoms with E-state index in [-0.39, 0.29) is 12.1 Å². The van der Waals surface area contributed by atoms with Crippen LogP contribution in [0.5, 0.6) is 0 Å². The Morgan fingerprint density at radius 2 is 1.75 bits per heavy atom. The molecule has 0 aliphatic carbocycles. The van der Waals surface area contributed by atoms with Crippen LogP contribution in [0.25, 0.3) is 0 Å². The van der Waals surface area contributed by atoms with Crippen LogP contribution in [0.2, 0.25) is 0 Å². The third-order valence-electron chi connectivity index (χ3n) is 3.68. The lowest BCUT2D eigenvalue weighted by molar-refractivity contribution is -0.138. The molecule has 0 heterocycles. The summed E-state index contributed by atoms with van der Waals surface area (Å²) < 4.78 is 38.4. The fourth-order valence-electron chi connectivity index (χ4n) is 2.51. The van der Waals surface area contributed by atoms with Gasteiger partial charge in [0.25, 0.3) is 0 Å². The van der Waals surface area contributed by atoms with E-state index < -0.39 is 27.9 Å². The number of rotatable bonds is 6. The van der Waals surface area contributed by atoms with Gasteiger partial charge in [-0.1, -0.05) is 24.3 Å². The smallest absolute Gasteiger partial charge is 0.327 e. The number of halogens is 1. The van der Waals surface area contributed by atoms with Crippen LogP contribution in [-0.2, 0) is 21.2 Å². The van der Waals surface area contributed by atoms with Gasteiger partial charge in [-0.2, -0.15) is 0 Å². The van der Waals surface area contributed by atoms with Gasteiger partial charge in [0.15, 0.2) is 0 Å². The van der Waals surface area contributed by atoms with E-state index in [1.807, 2.05) is 19.1 Å². The normalized spacial score (nSPS) is 12.6. The van der Waals surface area contributed by atoms with Crippen LogP contribution in [0, 0.1) is 12.7 Å². The number of nitrogens with zero attached hydrogens (tertiary/aromatic N) is 1. The van der Waals surface area contributed by atoms with Crippen LogP contribution < -0.4 is 4.31 Å². The van der Waals surface area contributed by atoms with Crippen molar-refractivity contribution in [3.63, 3.8) is 0 Å². The molecule has 7 heteroatoms. The van der Waals surface area contributed by atoms with Crippen LogP contribution >= 0.6 is 0 Å². The monoisotopic (exact) mass is 351 g/mol. The largest absolute Gasteiger partial charge is 0.480 e. The van der Waals surface area contributed by atoms with Gasteiger partial charge in [-0.15, -0.1) is 0 Å². The maximum absolute atomic E-state index is 13.1. The van der Waals surface area contributed by atoms with E-state index in [9.17, 15) is 22.7 Å². The molecule has 0 saturated carbocycles. The van der Waals surface area contributed by atoms with Gasteiger partial charge in [-0.3, -0.25) is 4.31 Å². The molecule has 0 amide bonds. The van der Waals surface area contributed by atoms with E-state index in [1.165, 1.54) is 12.1 Å². The first-order valence-corrected chi connectivity index (χ1v) is 9.07. The number of aryl methyl sites for hydroxylation is 1. The molecule has 0 aliphatic rings. The Hall–Kier alpha value is -2.41. The molecule has 2 aromatic carbocycles. The molecule has 2 rings (SSSR count). The molecule has 1 unspecified atom stereocenters. The van der Waals surface area contributed by atoms with Crippen molar-refractivity contribution in [2.45, 2.75) is 19.4 Å². The lowest BCUT2D eigenvalue weighted by Gasteiger charge is -2.29. The first-order chi connectivity index (χ1) is 11.2. The average Bonchev–Trinajstić information content (AvgIpc) is 2.49. The quantitative estimate of drug-likeness (QED) is 0.868. The lowest BCUT2D eigenvalue weighted by Crippen LogP contribution is -2.46. The van der Waals surface area contributed by atoms with Gasteiger partial charge in [-0.05, 0) is 42.3 Å². The number of aliphatic carboxylic acids is 1. The molecular formula is C17H18FNO4S. The summed E-state index contributed by atoms with van der Waals surface area (Å²) in [6.45, 7) is 1.83. The molecular weight excluding hydrogens is 333 g/mol. The molecule has 2 aromatic rings. The average molecular weight is 351 g/mol. The molecule has 0 radical (unpaired) electrons. The van der Waals surface area contributed by atoms with Crippen LogP contribution in [0.3, 0.4) is 0 Å². The zero-order valence-corrected chi connectivity index (χ0v) is 14.1. The second kappa shape index (κ2) is 7.00. The van der Waals surface area contributed by atoms with E-state index >= 15 is 0 Å². The van der Waals surface area contributed by atoms with Crippen LogP contribution in [0.15, 0.2) is 48.5 Å². The first-order valence-electron chi connectivity index (χ1n) is 7.22. The summed E-state index contributed by atoms with van der Waals surface area (Å²) in [5.74, 6) is -1.80. The summed E-state index contributed by atoms with van der Waals surface area (Å²) in [5.41, 5.74) is 1.72. The number of carbonyl (C=O) groups is 1. The molecule has 0 aromatic heterocycles. The molecule has 1 N–H and O–H groups in total. The molecule has 24 heavy (non-hydrogen) atoms. The summed E-state index contributed by atoms with van der Waals surface area (Å²) in [4.78, 5) is 11.8. The topological polar surface area (TPSA) is 74.7 Å². The molecule has 0 saturated heterocycles. The van der Waals surface area contributed by atoms with Crippen molar-refractivity contribution in [3.8, 4) is 0 Å². The molecule has 0 bridgehead atoms. The molecule has 0 spiro atoms. The zero-order chi connectivity index (χ0) is 17.9. The highest BCUT2D eigenvalue weighted by atomic mass is 32.2. The summed E-state index contributed by atoms with van der Waals surface area (Å²) in [5, 5.41) is 9.59. The molecule has 1 atom stereocenters. The van der Waals surface area contributed by atoms with Crippen molar-refractivity contribution in [2.75, 3.05) is 10.6 Å². The first kappa shape index (κ1) is 17.9. The Bertz CT molecular complexity index is 834. The van der Waals surface area contributed by atoms with Crippen LogP contribution in [0.4, 0.5) is 10.1 Å². The Balaban J connectivity index is 2.49. The molecule has 0 aliphatic heterocycles. The van der Waals surface area contributed by atoms with Crippen molar-refractivity contribution in [1.82, 2.24) is 0 Å². The molecule has 128 valence electrons. The van der Waals surface area contributed by atoms with Gasteiger partial charge >= 0.3 is 5.97 Å². The SMILES string of the molecule is Cc1ccccc1CC(C(=O)O)N(c1ccc(F)cc1)S(C)(=O)=O. The van der Waals surface area contributed by atoms with Crippen molar-refractivity contribution < 1.29 is 22.7 Å². The Morgan fingerprint density at radius 3 is 2.25 bits per heavy atom. The van der Waals surface area contributed by atoms with Crippen molar-refractivity contribution in [2.24, 2.45) is 0 Å². The van der Waals surface area contributed by atoms with E-state index in [2.05, 4.69) is 0 Å². The number of hydrogen-bond acceptors (Lipinski definition) is 3. The van der Waals surface area contributed by atoms with Crippen LogP contribution in [-0.4, -0.2) is 31.8 Å². The van der Waals surface area contributed by atoms with Crippen molar-refractivity contribution in [3.05, 3.63) is 65.5 Å². The fraction of sp³-hybridized carbons (Fsp3) is 0.235. The van der Waals surface area contributed by atoms with Gasteiger partial charge in [0.05, 0.1) is 11.9 Å². The fourth-order valence-corrected chi connectivity index (χ4v) is 3.64. The van der Waals surface area contributed by atoms with Gasteiger partial charge < -0.3 is 5.11 Å². The minimum atomic E-state index is -3.88. The van der Waals surface area contributed by atoms with Gasteiger partial charge in [-0.25, -0.2) is 17.6 Å². The van der Waals surface area contributed by atoms with Crippen molar-refractivity contribution in [1.29, 1.82) is 0 Å². The summed E-state index contributed by atoms with van der Waals surface area (Å²) in [7, 11) is -3.88. The maximum Gasteiger partial charge on any atom is 0.327 e. The number of carboxylic acids is 1. The second-order valence-corrected chi connectivity index (χ2v) is 7.38. The third-order valence-corrected chi connectivity index (χ3v) is 4.86. The highest BCUT2D eigenvalue weighted by molar-refractivity contribution is 7.92. The van der Waals surface area contributed by atoms with E-state index in [1.54, 1.807) is 12.1 Å². The maximum atomic E-state index is 13.1. The highest BCUT2D eigenvalue weighted by Crippen LogP contribution is 2.24. The minimum absolute atomic E-state index is 0.00640. The molecule has 0 fully saturated rings. The number of anilines is 1. The summed E-state index contributed by atoms with van der Waals surface area (Å²) >= 11 is 0. The number of carboxylic acid groups (broad SMARTS) is 1. The van der Waals surface area contributed by atoms with Gasteiger partial charge in [0.1, 0.15) is 11.9 Å². The Labute approximate surface area is 140 Å². The predicted octanol–water partition coefficient (Wildman–Crippen LogP) is 2.60. The van der Waals surface area contributed by atoms with Gasteiger partial charge in [0, 0.05) is 6.42 Å². The Morgan fingerprint density at radius 1 is 1.17 bits per heavy atom. The third kappa shape index (κ3) is 4.11. The number of benzene rings is 2. The van der Waals surface area contributed by atoms with Gasteiger partial charge in [0.2, 0.25) is 10.0 Å². The zero-order valence-electron chi connectivity index (χ0n) is 13.3. The predicted molar refractivity (Wildman–Crippen MR) is 90.0 cm³/mol. The van der Waals surface area contributed by atoms with E-state index in [0.717, 1.165) is 33.8 Å². The van der Waals surface area contributed by atoms with Crippen LogP contribution in [0.1, 0.15) is 11.1 Å². The molecule has 5 nitrogen and oxygen atoms in total. The van der Waals surface area contributed by atoms with Crippen molar-refractivity contribution >= 4 is 21.7 Å². The summed E-state index contributed by atoms with van der Waals surface area (Å²) in [6.07, 6.45) is 0.941. The van der Waals surface area contributed by atoms with E-state index in [0.29, 0.717) is 0 Å². The summed E-state index contributed by atoms with van der Waals surface area (Å²) in [6, 6.07) is 10.6.